The van der Waals surface area contributed by atoms with Crippen LogP contribution in [0.5, 0.6) is 0 Å². The summed E-state index contributed by atoms with van der Waals surface area (Å²) in [6.07, 6.45) is 0.786. The third kappa shape index (κ3) is 7.83. The average Bonchev–Trinajstić information content (AvgIpc) is 2.87. The number of hydrogen-bond acceptors (Lipinski definition) is 6. The minimum atomic E-state index is -4.94. The molecule has 198 valence electrons. The molecule has 4 aromatic rings. The van der Waals surface area contributed by atoms with Crippen molar-refractivity contribution in [3.63, 3.8) is 0 Å². The molecule has 1 heterocycles. The standard InChI is InChI=1S/C26H25N4O2S.ClHO4/c1-2-22-17-21(19-9-5-3-6-10-19)18-25(20-11-7-4-8-12-20)30(22)23-13-15-24(16-14-23)33(31,32)29-26(27)28;2-1(3,4)5/h3-18H,2H2,1H3,(H4,27,28,29);(H,2,3,4,5)/q+1;/p-1. The van der Waals surface area contributed by atoms with Crippen LogP contribution in [-0.4, -0.2) is 14.4 Å². The number of aryl methyl sites for hydroxylation is 1. The Morgan fingerprint density at radius 3 is 1.76 bits per heavy atom. The largest absolute Gasteiger partial charge is 0.369 e. The summed E-state index contributed by atoms with van der Waals surface area (Å²) in [6, 6.07) is 31.3. The summed E-state index contributed by atoms with van der Waals surface area (Å²) in [6.45, 7) is 2.10. The van der Waals surface area contributed by atoms with Crippen LogP contribution in [0, 0.1) is 10.2 Å². The van der Waals surface area contributed by atoms with Gasteiger partial charge in [-0.2, -0.15) is 13.0 Å². The lowest BCUT2D eigenvalue weighted by Gasteiger charge is -2.17. The third-order valence-electron chi connectivity index (χ3n) is 5.30. The lowest BCUT2D eigenvalue weighted by Crippen LogP contribution is -2.68. The van der Waals surface area contributed by atoms with Gasteiger partial charge in [-0.05, 0) is 35.4 Å². The van der Waals surface area contributed by atoms with Gasteiger partial charge in [0.05, 0.1) is 4.90 Å². The molecule has 0 bridgehead atoms. The van der Waals surface area contributed by atoms with Crippen molar-refractivity contribution < 1.29 is 41.9 Å². The number of nitrogens with two attached hydrogens (primary N) is 2. The van der Waals surface area contributed by atoms with E-state index in [1.165, 1.54) is 12.1 Å². The second-order valence-electron chi connectivity index (χ2n) is 7.90. The maximum Gasteiger partial charge on any atom is 0.285 e. The fourth-order valence-corrected chi connectivity index (χ4v) is 4.66. The van der Waals surface area contributed by atoms with Crippen LogP contribution in [0.4, 0.5) is 0 Å². The lowest BCUT2D eigenvalue weighted by molar-refractivity contribution is -2.00. The Morgan fingerprint density at radius 2 is 1.29 bits per heavy atom. The molecule has 0 saturated carbocycles. The highest BCUT2D eigenvalue weighted by Crippen LogP contribution is 2.27. The van der Waals surface area contributed by atoms with Crippen LogP contribution in [0.3, 0.4) is 0 Å². The maximum atomic E-state index is 12.3. The van der Waals surface area contributed by atoms with E-state index in [9.17, 15) is 8.42 Å². The Morgan fingerprint density at radius 1 is 0.789 bits per heavy atom. The van der Waals surface area contributed by atoms with Crippen LogP contribution in [0.15, 0.2) is 106 Å². The summed E-state index contributed by atoms with van der Waals surface area (Å²) in [5.41, 5.74) is 16.8. The number of pyridine rings is 1. The minimum Gasteiger partial charge on any atom is -0.369 e. The van der Waals surface area contributed by atoms with E-state index >= 15 is 0 Å². The van der Waals surface area contributed by atoms with Crippen molar-refractivity contribution in [1.29, 1.82) is 0 Å². The van der Waals surface area contributed by atoms with Crippen molar-refractivity contribution >= 4 is 16.0 Å². The van der Waals surface area contributed by atoms with Crippen molar-refractivity contribution in [2.45, 2.75) is 18.2 Å². The molecule has 0 amide bonds. The highest BCUT2D eigenvalue weighted by molar-refractivity contribution is 7.90. The molecule has 38 heavy (non-hydrogen) atoms. The van der Waals surface area contributed by atoms with Gasteiger partial charge in [-0.25, -0.2) is 18.6 Å². The number of guanidine groups is 1. The van der Waals surface area contributed by atoms with E-state index in [2.05, 4.69) is 52.3 Å². The van der Waals surface area contributed by atoms with Gasteiger partial charge in [-0.3, -0.25) is 0 Å². The summed E-state index contributed by atoms with van der Waals surface area (Å²) >= 11 is 0. The number of rotatable bonds is 6. The molecule has 0 aliphatic carbocycles. The van der Waals surface area contributed by atoms with Crippen molar-refractivity contribution in [2.75, 3.05) is 0 Å². The molecular weight excluding hydrogens is 532 g/mol. The molecule has 0 radical (unpaired) electrons. The van der Waals surface area contributed by atoms with Gasteiger partial charge in [0.25, 0.3) is 10.0 Å². The summed E-state index contributed by atoms with van der Waals surface area (Å²) in [4.78, 5) is 0.0282. The Bertz CT molecular complexity index is 1500. The Hall–Kier alpha value is -3.84. The van der Waals surface area contributed by atoms with E-state index < -0.39 is 26.2 Å². The van der Waals surface area contributed by atoms with Crippen LogP contribution in [0.2, 0.25) is 0 Å². The second-order valence-corrected chi connectivity index (χ2v) is 10.3. The van der Waals surface area contributed by atoms with Crippen molar-refractivity contribution in [3.8, 4) is 28.1 Å². The number of sulfonamides is 1. The number of aromatic nitrogens is 1. The summed E-state index contributed by atoms with van der Waals surface area (Å²) < 4.78 is 64.2. The minimum absolute atomic E-state index is 0.0282. The molecule has 4 N–H and O–H groups in total. The van der Waals surface area contributed by atoms with Gasteiger partial charge < -0.3 is 11.5 Å². The SMILES string of the molecule is CCc1cc(-c2ccccc2)cc(-c2ccccc2)[n+]1-c1ccc(S(=O)(=O)N=C(N)N)cc1.[O-][Cl+3]([O-])([O-])[O-]. The van der Waals surface area contributed by atoms with Gasteiger partial charge in [-0.15, -0.1) is 14.6 Å². The zero-order chi connectivity index (χ0) is 27.9. The van der Waals surface area contributed by atoms with Gasteiger partial charge in [-0.1, -0.05) is 55.5 Å². The molecule has 4 rings (SSSR count). The van der Waals surface area contributed by atoms with E-state index in [0.29, 0.717) is 0 Å². The van der Waals surface area contributed by atoms with E-state index in [1.54, 1.807) is 12.1 Å². The third-order valence-corrected chi connectivity index (χ3v) is 6.62. The molecule has 0 spiro atoms. The summed E-state index contributed by atoms with van der Waals surface area (Å²) in [5.74, 6) is -0.496. The molecule has 3 aromatic carbocycles. The first kappa shape index (κ1) is 28.7. The number of benzene rings is 3. The van der Waals surface area contributed by atoms with E-state index in [4.69, 9.17) is 30.1 Å². The number of hydrogen-bond donors (Lipinski definition) is 2. The van der Waals surface area contributed by atoms with Crippen LogP contribution in [0.25, 0.3) is 28.1 Å². The van der Waals surface area contributed by atoms with Gasteiger partial charge in [0, 0.05) is 36.2 Å². The molecule has 0 unspecified atom stereocenters. The molecule has 10 nitrogen and oxygen atoms in total. The summed E-state index contributed by atoms with van der Waals surface area (Å²) in [5, 5.41) is 0. The predicted molar refractivity (Wildman–Crippen MR) is 131 cm³/mol. The highest BCUT2D eigenvalue weighted by Gasteiger charge is 2.23. The van der Waals surface area contributed by atoms with E-state index in [1.807, 2.05) is 36.4 Å². The van der Waals surface area contributed by atoms with Gasteiger partial charge in [0.1, 0.15) is 0 Å². The first-order valence-electron chi connectivity index (χ1n) is 11.2. The second kappa shape index (κ2) is 12.1. The van der Waals surface area contributed by atoms with Crippen LogP contribution in [-0.2, 0) is 16.4 Å². The van der Waals surface area contributed by atoms with Gasteiger partial charge >= 0.3 is 0 Å². The Kier molecular flexibility index (Phi) is 9.17. The molecule has 12 heteroatoms. The maximum absolute atomic E-state index is 12.3. The van der Waals surface area contributed by atoms with E-state index in [0.717, 1.165) is 40.2 Å². The Labute approximate surface area is 222 Å². The molecule has 1 aromatic heterocycles. The Balaban J connectivity index is 0.000000732. The topological polar surface area (TPSA) is 195 Å². The fourth-order valence-electron chi connectivity index (χ4n) is 3.79. The van der Waals surface area contributed by atoms with Crippen LogP contribution < -0.4 is 34.7 Å². The van der Waals surface area contributed by atoms with E-state index in [-0.39, 0.29) is 4.90 Å². The first-order valence-corrected chi connectivity index (χ1v) is 13.8. The van der Waals surface area contributed by atoms with Crippen LogP contribution >= 0.6 is 0 Å². The number of halogens is 1. The molecule has 0 aliphatic heterocycles. The molecule has 0 aliphatic rings. The van der Waals surface area contributed by atoms with Crippen molar-refractivity contribution in [1.82, 2.24) is 0 Å². The van der Waals surface area contributed by atoms with Crippen LogP contribution in [0.1, 0.15) is 12.6 Å². The van der Waals surface area contributed by atoms with Gasteiger partial charge in [0.2, 0.25) is 17.3 Å². The molecule has 0 fully saturated rings. The fraction of sp³-hybridized carbons (Fsp3) is 0.0769. The zero-order valence-electron chi connectivity index (χ0n) is 20.2. The molecular formula is C26H25ClN4O6S. The first-order chi connectivity index (χ1) is 17.9. The molecule has 0 atom stereocenters. The monoisotopic (exact) mass is 556 g/mol. The predicted octanol–water partition coefficient (Wildman–Crippen LogP) is -0.934. The molecule has 0 saturated heterocycles. The lowest BCUT2D eigenvalue weighted by atomic mass is 10.0. The number of nitrogens with zero attached hydrogens (tertiary/aromatic N) is 2. The smallest absolute Gasteiger partial charge is 0.285 e. The summed E-state index contributed by atoms with van der Waals surface area (Å²) in [7, 11) is -8.89. The van der Waals surface area contributed by atoms with Gasteiger partial charge in [0.15, 0.2) is 5.69 Å². The van der Waals surface area contributed by atoms with Crippen molar-refractivity contribution in [2.24, 2.45) is 15.9 Å². The zero-order valence-corrected chi connectivity index (χ0v) is 21.8. The highest BCUT2D eigenvalue weighted by atomic mass is 35.7. The average molecular weight is 557 g/mol. The quantitative estimate of drug-likeness (QED) is 0.172. The normalized spacial score (nSPS) is 11.3. The van der Waals surface area contributed by atoms with Crippen molar-refractivity contribution in [3.05, 3.63) is 103 Å².